The maximum absolute atomic E-state index is 12.7. The van der Waals surface area contributed by atoms with E-state index in [1.54, 1.807) is 17.5 Å². The van der Waals surface area contributed by atoms with E-state index in [4.69, 9.17) is 14.9 Å². The van der Waals surface area contributed by atoms with E-state index in [1.165, 1.54) is 5.56 Å². The highest BCUT2D eigenvalue weighted by Gasteiger charge is 2.28. The van der Waals surface area contributed by atoms with Gasteiger partial charge in [-0.3, -0.25) is 4.79 Å². The first-order valence-electron chi connectivity index (χ1n) is 11.0. The molecule has 0 fully saturated rings. The van der Waals surface area contributed by atoms with Gasteiger partial charge in [-0.05, 0) is 23.1 Å². The molecule has 0 saturated heterocycles. The number of pyridine rings is 2. The van der Waals surface area contributed by atoms with Crippen molar-refractivity contribution in [3.8, 4) is 32.8 Å². The quantitative estimate of drug-likeness (QED) is 0.370. The third-order valence-corrected chi connectivity index (χ3v) is 6.39. The van der Waals surface area contributed by atoms with Crippen molar-refractivity contribution < 1.29 is 28.8 Å². The standard InChI is InChI=1S/C25H19N3OS.C2HF3O2/c26-14-16-8-10-18(11-9-16)23-19(17-5-2-1-3-6-17)13-20-24(28-23)21(15-27-25(20)29)22-7-4-12-30-22;3-2(4,5)1(6)7/h1-13,15H,14,26H2,(H,27,29);(H,6,7). The SMILES string of the molecule is O=C([O-])C(F)(F)F.[NH3+]Cc1ccc(-c2nc3c(-c4cccs4)c[nH]c(=O)c3cc2-c2ccccc2)cc1. The Hall–Kier alpha value is -4.28. The molecule has 37 heavy (non-hydrogen) atoms. The molecule has 0 aliphatic rings. The van der Waals surface area contributed by atoms with Gasteiger partial charge in [-0.1, -0.05) is 60.7 Å². The normalized spacial score (nSPS) is 11.1. The Morgan fingerprint density at radius 3 is 2.22 bits per heavy atom. The number of hydrogen-bond donors (Lipinski definition) is 2. The summed E-state index contributed by atoms with van der Waals surface area (Å²) in [5.74, 6) is -3.01. The summed E-state index contributed by atoms with van der Waals surface area (Å²) >= 11 is 1.63. The molecular formula is C27H20F3N3O3S. The number of nitrogens with one attached hydrogen (secondary N) is 1. The Balaban J connectivity index is 0.000000405. The van der Waals surface area contributed by atoms with Crippen molar-refractivity contribution >= 4 is 28.2 Å². The number of aromatic nitrogens is 2. The minimum Gasteiger partial charge on any atom is -0.542 e. The van der Waals surface area contributed by atoms with Gasteiger partial charge in [0.15, 0.2) is 0 Å². The van der Waals surface area contributed by atoms with E-state index in [1.807, 2.05) is 53.9 Å². The number of hydrogen-bond acceptors (Lipinski definition) is 5. The van der Waals surface area contributed by atoms with E-state index in [0.717, 1.165) is 44.9 Å². The van der Waals surface area contributed by atoms with Gasteiger partial charge in [0, 0.05) is 33.3 Å². The molecule has 0 spiro atoms. The second kappa shape index (κ2) is 10.8. The molecule has 2 aromatic carbocycles. The highest BCUT2D eigenvalue weighted by Crippen LogP contribution is 2.36. The van der Waals surface area contributed by atoms with Crippen LogP contribution in [0.3, 0.4) is 0 Å². The fraction of sp³-hybridized carbons (Fsp3) is 0.0741. The van der Waals surface area contributed by atoms with Gasteiger partial charge >= 0.3 is 6.18 Å². The lowest BCUT2D eigenvalue weighted by Gasteiger charge is -2.13. The van der Waals surface area contributed by atoms with Crippen LogP contribution in [0.25, 0.3) is 43.7 Å². The molecule has 0 bridgehead atoms. The molecule has 0 atom stereocenters. The van der Waals surface area contributed by atoms with Gasteiger partial charge < -0.3 is 20.6 Å². The van der Waals surface area contributed by atoms with Crippen LogP contribution in [0, 0.1) is 0 Å². The Morgan fingerprint density at radius 2 is 1.65 bits per heavy atom. The number of carboxylic acid groups (broad SMARTS) is 1. The number of carbonyl (C=O) groups is 1. The summed E-state index contributed by atoms with van der Waals surface area (Å²) in [6.07, 6.45) is -3.43. The van der Waals surface area contributed by atoms with Crippen LogP contribution in [-0.2, 0) is 11.3 Å². The fourth-order valence-electron chi connectivity index (χ4n) is 3.68. The second-order valence-corrected chi connectivity index (χ2v) is 8.84. The number of aromatic amines is 1. The molecule has 4 N–H and O–H groups in total. The Kier molecular flexibility index (Phi) is 7.51. The third-order valence-electron chi connectivity index (χ3n) is 5.49. The lowest BCUT2D eigenvalue weighted by Crippen LogP contribution is -2.47. The predicted molar refractivity (Wildman–Crippen MR) is 134 cm³/mol. The molecule has 6 nitrogen and oxygen atoms in total. The molecule has 0 radical (unpaired) electrons. The van der Waals surface area contributed by atoms with E-state index >= 15 is 0 Å². The van der Waals surface area contributed by atoms with Crippen LogP contribution < -0.4 is 16.4 Å². The minimum atomic E-state index is -5.19. The van der Waals surface area contributed by atoms with Gasteiger partial charge in [0.25, 0.3) is 5.56 Å². The average molecular weight is 524 g/mol. The molecular weight excluding hydrogens is 503 g/mol. The Bertz CT molecular complexity index is 1580. The number of carbonyl (C=O) groups excluding carboxylic acids is 1. The van der Waals surface area contributed by atoms with Gasteiger partial charge in [0.05, 0.1) is 23.1 Å². The summed E-state index contributed by atoms with van der Waals surface area (Å²) in [5, 5.41) is 11.4. The van der Waals surface area contributed by atoms with Crippen molar-refractivity contribution in [3.05, 3.63) is 100 Å². The smallest absolute Gasteiger partial charge is 0.430 e. The topological polar surface area (TPSA) is 114 Å². The molecule has 0 amide bonds. The first kappa shape index (κ1) is 25.8. The van der Waals surface area contributed by atoms with Crippen molar-refractivity contribution in [3.63, 3.8) is 0 Å². The van der Waals surface area contributed by atoms with Gasteiger partial charge in [0.2, 0.25) is 0 Å². The maximum atomic E-state index is 12.7. The lowest BCUT2D eigenvalue weighted by molar-refractivity contribution is -0.386. The van der Waals surface area contributed by atoms with E-state index in [2.05, 4.69) is 35.0 Å². The van der Waals surface area contributed by atoms with Crippen molar-refractivity contribution in [2.45, 2.75) is 12.7 Å². The van der Waals surface area contributed by atoms with Crippen LogP contribution in [0.1, 0.15) is 5.56 Å². The average Bonchev–Trinajstić information content (AvgIpc) is 3.43. The Morgan fingerprint density at radius 1 is 0.973 bits per heavy atom. The number of H-pyrrole nitrogens is 1. The molecule has 3 heterocycles. The minimum absolute atomic E-state index is 0.131. The monoisotopic (exact) mass is 523 g/mol. The van der Waals surface area contributed by atoms with Crippen molar-refractivity contribution in [2.75, 3.05) is 0 Å². The highest BCUT2D eigenvalue weighted by molar-refractivity contribution is 7.13. The van der Waals surface area contributed by atoms with Crippen LogP contribution in [-0.4, -0.2) is 22.1 Å². The molecule has 5 rings (SSSR count). The van der Waals surface area contributed by atoms with E-state index in [0.29, 0.717) is 5.39 Å². The third kappa shape index (κ3) is 5.76. The predicted octanol–water partition coefficient (Wildman–Crippen LogP) is 4.03. The summed E-state index contributed by atoms with van der Waals surface area (Å²) < 4.78 is 31.5. The number of rotatable bonds is 4. The summed E-state index contributed by atoms with van der Waals surface area (Å²) in [4.78, 5) is 30.5. The lowest BCUT2D eigenvalue weighted by atomic mass is 9.96. The van der Waals surface area contributed by atoms with Crippen LogP contribution in [0.15, 0.2) is 89.2 Å². The van der Waals surface area contributed by atoms with E-state index in [9.17, 15) is 18.0 Å². The number of quaternary nitrogens is 1. The number of benzene rings is 2. The number of alkyl halides is 3. The number of halogens is 3. The molecule has 5 aromatic rings. The number of fused-ring (bicyclic) bond motifs is 1. The molecule has 0 aliphatic heterocycles. The van der Waals surface area contributed by atoms with Crippen molar-refractivity contribution in [2.24, 2.45) is 0 Å². The number of nitrogens with zero attached hydrogens (tertiary/aromatic N) is 1. The van der Waals surface area contributed by atoms with Crippen molar-refractivity contribution in [1.29, 1.82) is 0 Å². The van der Waals surface area contributed by atoms with Gasteiger partial charge in [-0.25, -0.2) is 4.98 Å². The summed E-state index contributed by atoms with van der Waals surface area (Å²) in [6.45, 7) is 0.745. The van der Waals surface area contributed by atoms with Crippen LogP contribution in [0.2, 0.25) is 0 Å². The fourth-order valence-corrected chi connectivity index (χ4v) is 4.43. The van der Waals surface area contributed by atoms with E-state index < -0.39 is 12.1 Å². The van der Waals surface area contributed by atoms with Crippen LogP contribution in [0.4, 0.5) is 13.2 Å². The maximum Gasteiger partial charge on any atom is 0.430 e. The van der Waals surface area contributed by atoms with Gasteiger partial charge in [-0.15, -0.1) is 11.3 Å². The largest absolute Gasteiger partial charge is 0.542 e. The number of carboxylic acids is 1. The van der Waals surface area contributed by atoms with Crippen molar-refractivity contribution in [1.82, 2.24) is 9.97 Å². The molecule has 0 aliphatic carbocycles. The summed E-state index contributed by atoms with van der Waals surface area (Å²) in [7, 11) is 0. The zero-order valence-corrected chi connectivity index (χ0v) is 20.0. The summed E-state index contributed by atoms with van der Waals surface area (Å²) in [5.41, 5.74) is 10.5. The first-order valence-corrected chi connectivity index (χ1v) is 11.9. The Labute approximate surface area is 212 Å². The first-order chi connectivity index (χ1) is 17.7. The molecule has 10 heteroatoms. The van der Waals surface area contributed by atoms with Crippen LogP contribution in [0.5, 0.6) is 0 Å². The van der Waals surface area contributed by atoms with Gasteiger partial charge in [0.1, 0.15) is 5.97 Å². The molecule has 3 aromatic heterocycles. The molecule has 0 saturated carbocycles. The second-order valence-electron chi connectivity index (χ2n) is 7.89. The molecule has 188 valence electrons. The number of thiophene rings is 1. The van der Waals surface area contributed by atoms with Gasteiger partial charge in [-0.2, -0.15) is 13.2 Å². The summed E-state index contributed by atoms with van der Waals surface area (Å²) in [6, 6.07) is 24.5. The molecule has 0 unspecified atom stereocenters. The van der Waals surface area contributed by atoms with Crippen LogP contribution >= 0.6 is 11.3 Å². The zero-order chi connectivity index (χ0) is 26.6. The highest BCUT2D eigenvalue weighted by atomic mass is 32.1. The van der Waals surface area contributed by atoms with E-state index in [-0.39, 0.29) is 5.56 Å². The number of aliphatic carboxylic acids is 1. The zero-order valence-electron chi connectivity index (χ0n) is 19.2.